The minimum absolute atomic E-state index is 0.0188. The first-order chi connectivity index (χ1) is 15.7. The Morgan fingerprint density at radius 2 is 1.94 bits per heavy atom. The lowest BCUT2D eigenvalue weighted by Crippen LogP contribution is -2.64. The highest BCUT2D eigenvalue weighted by atomic mass is 19.1. The van der Waals surface area contributed by atoms with Crippen LogP contribution >= 0.6 is 0 Å². The fourth-order valence-corrected chi connectivity index (χ4v) is 8.07. The molecule has 2 unspecified atom stereocenters. The van der Waals surface area contributed by atoms with Gasteiger partial charge in [0.05, 0.1) is 6.04 Å². The average Bonchev–Trinajstić information content (AvgIpc) is 3.18. The number of carbonyl (C=O) groups excluding carboxylic acids is 2. The van der Waals surface area contributed by atoms with Crippen LogP contribution in [0.1, 0.15) is 83.6 Å². The predicted octanol–water partition coefficient (Wildman–Crippen LogP) is 5.75. The Morgan fingerprint density at radius 3 is 2.73 bits per heavy atom. The molecule has 4 nitrogen and oxygen atoms in total. The van der Waals surface area contributed by atoms with Gasteiger partial charge < -0.3 is 0 Å². The van der Waals surface area contributed by atoms with Crippen LogP contribution in [0.4, 0.5) is 4.39 Å². The van der Waals surface area contributed by atoms with Gasteiger partial charge in [-0.1, -0.05) is 51.5 Å². The first-order valence-corrected chi connectivity index (χ1v) is 12.8. The van der Waals surface area contributed by atoms with Crippen molar-refractivity contribution >= 4 is 11.8 Å². The molecule has 7 atom stereocenters. The molecule has 33 heavy (non-hydrogen) atoms. The number of nitrogens with one attached hydrogen (secondary N) is 1. The van der Waals surface area contributed by atoms with E-state index in [-0.39, 0.29) is 41.4 Å². The normalized spacial score (nSPS) is 38.3. The van der Waals surface area contributed by atoms with Crippen LogP contribution in [0.3, 0.4) is 0 Å². The Bertz CT molecular complexity index is 976. The Labute approximate surface area is 197 Å². The van der Waals surface area contributed by atoms with E-state index in [9.17, 15) is 14.0 Å². The van der Waals surface area contributed by atoms with Crippen LogP contribution in [0.2, 0.25) is 0 Å². The molecule has 2 amide bonds. The summed E-state index contributed by atoms with van der Waals surface area (Å²) < 4.78 is 14.2. The summed E-state index contributed by atoms with van der Waals surface area (Å²) in [4.78, 5) is 25.8. The zero-order valence-electron chi connectivity index (χ0n) is 20.1. The molecule has 0 radical (unpaired) electrons. The van der Waals surface area contributed by atoms with Crippen molar-refractivity contribution in [2.24, 2.45) is 28.6 Å². The molecular weight excluding hydrogens is 415 g/mol. The molecule has 4 aliphatic rings. The summed E-state index contributed by atoms with van der Waals surface area (Å²) in [5.74, 6) is 1.12. The van der Waals surface area contributed by atoms with Crippen molar-refractivity contribution in [2.45, 2.75) is 84.1 Å². The Hall–Kier alpha value is -2.17. The van der Waals surface area contributed by atoms with Crippen molar-refractivity contribution in [1.82, 2.24) is 10.4 Å². The van der Waals surface area contributed by atoms with Crippen LogP contribution in [0.5, 0.6) is 0 Å². The molecule has 1 aromatic carbocycles. The van der Waals surface area contributed by atoms with Crippen LogP contribution in [-0.4, -0.2) is 22.9 Å². The number of benzene rings is 1. The quantitative estimate of drug-likeness (QED) is 0.632. The summed E-state index contributed by atoms with van der Waals surface area (Å²) in [5, 5.41) is 1.61. The fourth-order valence-electron chi connectivity index (χ4n) is 8.07. The number of rotatable bonds is 4. The fraction of sp³-hybridized carbons (Fsp3) is 0.643. The van der Waals surface area contributed by atoms with Crippen LogP contribution < -0.4 is 5.43 Å². The monoisotopic (exact) mass is 452 g/mol. The molecule has 3 aliphatic carbocycles. The average molecular weight is 453 g/mol. The van der Waals surface area contributed by atoms with E-state index in [4.69, 9.17) is 0 Å². The van der Waals surface area contributed by atoms with Crippen LogP contribution in [0.15, 0.2) is 36.4 Å². The topological polar surface area (TPSA) is 49.4 Å². The third-order valence-electron chi connectivity index (χ3n) is 9.82. The van der Waals surface area contributed by atoms with Gasteiger partial charge in [0.15, 0.2) is 0 Å². The Morgan fingerprint density at radius 1 is 1.15 bits per heavy atom. The van der Waals surface area contributed by atoms with Crippen molar-refractivity contribution < 1.29 is 14.0 Å². The van der Waals surface area contributed by atoms with Crippen molar-refractivity contribution in [1.29, 1.82) is 0 Å². The van der Waals surface area contributed by atoms with Crippen LogP contribution in [0.25, 0.3) is 0 Å². The van der Waals surface area contributed by atoms with E-state index >= 15 is 0 Å². The van der Waals surface area contributed by atoms with Gasteiger partial charge in [0, 0.05) is 17.9 Å². The van der Waals surface area contributed by atoms with Gasteiger partial charge in [-0.15, -0.1) is 0 Å². The second-order valence-corrected chi connectivity index (χ2v) is 11.6. The van der Waals surface area contributed by atoms with Gasteiger partial charge in [-0.3, -0.25) is 15.0 Å². The molecule has 0 aromatic heterocycles. The second-order valence-electron chi connectivity index (χ2n) is 11.6. The van der Waals surface area contributed by atoms with E-state index in [0.29, 0.717) is 22.8 Å². The molecule has 1 aliphatic heterocycles. The number of hydrazine groups is 1. The summed E-state index contributed by atoms with van der Waals surface area (Å²) >= 11 is 0. The third-order valence-corrected chi connectivity index (χ3v) is 9.82. The third kappa shape index (κ3) is 3.72. The summed E-state index contributed by atoms with van der Waals surface area (Å²) in [6, 6.07) is 6.57. The molecule has 1 aromatic rings. The zero-order chi connectivity index (χ0) is 23.4. The van der Waals surface area contributed by atoms with Crippen molar-refractivity contribution in [3.05, 3.63) is 47.8 Å². The van der Waals surface area contributed by atoms with Gasteiger partial charge in [0.25, 0.3) is 5.91 Å². The summed E-state index contributed by atoms with van der Waals surface area (Å²) in [7, 11) is 0. The van der Waals surface area contributed by atoms with E-state index < -0.39 is 0 Å². The second kappa shape index (κ2) is 8.25. The molecule has 3 saturated carbocycles. The molecule has 0 spiro atoms. The maximum Gasteiger partial charge on any atom is 0.264 e. The standard InChI is InChI=1S/C28H37FN2O2/c1-18(19-7-4-5-9-23(19)29)17-25(32)30-31-24-11-10-20-21-8-6-14-27(21,2)15-12-22(20)28(24,3)16-13-26(31)33/h4-5,7,9,13,16,18,20-22,24H,6,8,10-12,14-15,17H2,1-3H3,(H,30,32)/t18?,20-,21-,22+,24?,27-,28+/m0/s1. The largest absolute Gasteiger partial charge is 0.273 e. The molecular formula is C28H37FN2O2. The highest BCUT2D eigenvalue weighted by molar-refractivity contribution is 5.91. The van der Waals surface area contributed by atoms with Gasteiger partial charge in [0.1, 0.15) is 5.82 Å². The predicted molar refractivity (Wildman–Crippen MR) is 126 cm³/mol. The zero-order valence-corrected chi connectivity index (χ0v) is 20.1. The van der Waals surface area contributed by atoms with Crippen LogP contribution in [-0.2, 0) is 9.59 Å². The summed E-state index contributed by atoms with van der Waals surface area (Å²) in [6.07, 6.45) is 12.5. The molecule has 0 saturated heterocycles. The lowest BCUT2D eigenvalue weighted by molar-refractivity contribution is -0.153. The van der Waals surface area contributed by atoms with E-state index in [1.165, 1.54) is 38.2 Å². The lowest BCUT2D eigenvalue weighted by atomic mass is 9.48. The van der Waals surface area contributed by atoms with Gasteiger partial charge in [-0.05, 0) is 79.2 Å². The first-order valence-electron chi connectivity index (χ1n) is 12.8. The SMILES string of the molecule is CC(CC(=O)NN1C(=O)C=C[C@@]2(C)C1CC[C@@H]1[C@H]2CC[C@]2(C)CCC[C@@H]12)c1ccccc1F. The molecule has 3 fully saturated rings. The smallest absolute Gasteiger partial charge is 0.264 e. The van der Waals surface area contributed by atoms with Crippen LogP contribution in [0, 0.1) is 34.4 Å². The Balaban J connectivity index is 1.32. The van der Waals surface area contributed by atoms with Gasteiger partial charge in [-0.2, -0.15) is 0 Å². The molecule has 0 bridgehead atoms. The van der Waals surface area contributed by atoms with Crippen molar-refractivity contribution in [2.75, 3.05) is 0 Å². The highest BCUT2D eigenvalue weighted by Gasteiger charge is 2.58. The molecule has 178 valence electrons. The summed E-state index contributed by atoms with van der Waals surface area (Å²) in [6.45, 7) is 6.65. The number of halogens is 1. The Kier molecular flexibility index (Phi) is 5.65. The van der Waals surface area contributed by atoms with Gasteiger partial charge in [0.2, 0.25) is 5.91 Å². The van der Waals surface area contributed by atoms with Crippen molar-refractivity contribution in [3.63, 3.8) is 0 Å². The van der Waals surface area contributed by atoms with E-state index in [1.807, 2.05) is 6.92 Å². The molecule has 1 heterocycles. The molecule has 5 rings (SSSR count). The number of hydrogen-bond acceptors (Lipinski definition) is 2. The summed E-state index contributed by atoms with van der Waals surface area (Å²) in [5.41, 5.74) is 3.84. The number of nitrogens with zero attached hydrogens (tertiary/aromatic N) is 1. The van der Waals surface area contributed by atoms with E-state index in [0.717, 1.165) is 18.8 Å². The minimum Gasteiger partial charge on any atom is -0.273 e. The lowest BCUT2D eigenvalue weighted by Gasteiger charge is -2.59. The highest BCUT2D eigenvalue weighted by Crippen LogP contribution is 2.63. The number of amides is 2. The van der Waals surface area contributed by atoms with Crippen molar-refractivity contribution in [3.8, 4) is 0 Å². The molecule has 5 heteroatoms. The maximum absolute atomic E-state index is 14.2. The molecule has 1 N–H and O–H groups in total. The number of hydrogen-bond donors (Lipinski definition) is 1. The van der Waals surface area contributed by atoms with Gasteiger partial charge >= 0.3 is 0 Å². The van der Waals surface area contributed by atoms with E-state index in [2.05, 4.69) is 25.3 Å². The number of carbonyl (C=O) groups is 2. The first kappa shape index (κ1) is 22.6. The minimum atomic E-state index is -0.295. The number of fused-ring (bicyclic) bond motifs is 5. The van der Waals surface area contributed by atoms with Gasteiger partial charge in [-0.25, -0.2) is 9.40 Å². The van der Waals surface area contributed by atoms with E-state index in [1.54, 1.807) is 29.3 Å². The maximum atomic E-state index is 14.2.